The van der Waals surface area contributed by atoms with Crippen molar-refractivity contribution in [3.05, 3.63) is 48.0 Å². The Hall–Kier alpha value is -2.91. The van der Waals surface area contributed by atoms with Crippen LogP contribution in [0.3, 0.4) is 0 Å². The molecular weight excluding hydrogens is 352 g/mol. The second-order valence-corrected chi connectivity index (χ2v) is 7.57. The van der Waals surface area contributed by atoms with Gasteiger partial charge in [-0.1, -0.05) is 30.3 Å². The number of methoxy groups -OCH3 is 1. The van der Waals surface area contributed by atoms with Gasteiger partial charge in [0.05, 0.1) is 24.9 Å². The van der Waals surface area contributed by atoms with E-state index < -0.39 is 6.04 Å². The average molecular weight is 376 g/mol. The predicted octanol–water partition coefficient (Wildman–Crippen LogP) is 2.45. The van der Waals surface area contributed by atoms with E-state index in [4.69, 9.17) is 4.74 Å². The molecule has 0 unspecified atom stereocenters. The average Bonchev–Trinajstić information content (AvgIpc) is 3.37. The summed E-state index contributed by atoms with van der Waals surface area (Å²) in [7, 11) is 1.59. The summed E-state index contributed by atoms with van der Waals surface area (Å²) in [6.45, 7) is 0. The van der Waals surface area contributed by atoms with E-state index >= 15 is 0 Å². The van der Waals surface area contributed by atoms with Crippen molar-refractivity contribution in [3.8, 4) is 23.2 Å². The van der Waals surface area contributed by atoms with Gasteiger partial charge in [-0.25, -0.2) is 4.98 Å². The van der Waals surface area contributed by atoms with Gasteiger partial charge >= 0.3 is 0 Å². The number of amides is 1. The summed E-state index contributed by atoms with van der Waals surface area (Å²) in [4.78, 5) is 17.0. The predicted molar refractivity (Wildman–Crippen MR) is 106 cm³/mol. The molecule has 1 aromatic heterocycles. The summed E-state index contributed by atoms with van der Waals surface area (Å²) >= 11 is 0. The number of carbonyl (C=O) groups is 1. The minimum atomic E-state index is -0.533. The molecule has 2 aromatic rings. The molecule has 1 amide bonds. The van der Waals surface area contributed by atoms with Crippen LogP contribution >= 0.6 is 0 Å². The normalized spacial score (nSPS) is 23.8. The standard InChI is InChI=1S/C22H24N4O2/c1-28-20-4-2-3-19(26-20)15-7-5-14(6-8-15)11-18(13-23)25-22(27)21-16-9-10-17(12-16)24-21/h2-8,16-18,21,24H,9-12H2,1H3,(H,25,27)/t16-,17+,18-,21-/m0/s1. The highest BCUT2D eigenvalue weighted by molar-refractivity contribution is 5.83. The van der Waals surface area contributed by atoms with E-state index in [1.807, 2.05) is 42.5 Å². The zero-order valence-electron chi connectivity index (χ0n) is 15.9. The first-order chi connectivity index (χ1) is 13.7. The Morgan fingerprint density at radius 2 is 2.14 bits per heavy atom. The lowest BCUT2D eigenvalue weighted by Crippen LogP contribution is -2.50. The summed E-state index contributed by atoms with van der Waals surface area (Å²) in [5.41, 5.74) is 2.81. The van der Waals surface area contributed by atoms with Gasteiger partial charge in [-0.2, -0.15) is 5.26 Å². The summed E-state index contributed by atoms with van der Waals surface area (Å²) in [5.74, 6) is 0.943. The summed E-state index contributed by atoms with van der Waals surface area (Å²) in [6, 6.07) is 15.6. The SMILES string of the molecule is COc1cccc(-c2ccc(C[C@@H](C#N)NC(=O)[C@H]3N[C@@H]4CC[C@H]3C4)cc2)n1. The van der Waals surface area contributed by atoms with Crippen LogP contribution in [0.25, 0.3) is 11.3 Å². The lowest BCUT2D eigenvalue weighted by molar-refractivity contribution is -0.124. The van der Waals surface area contributed by atoms with Crippen LogP contribution in [0.1, 0.15) is 24.8 Å². The van der Waals surface area contributed by atoms with Crippen molar-refractivity contribution < 1.29 is 9.53 Å². The van der Waals surface area contributed by atoms with Gasteiger partial charge in [0.25, 0.3) is 0 Å². The fourth-order valence-electron chi connectivity index (χ4n) is 4.28. The van der Waals surface area contributed by atoms with Gasteiger partial charge in [-0.3, -0.25) is 4.79 Å². The topological polar surface area (TPSA) is 87.0 Å². The largest absolute Gasteiger partial charge is 0.481 e. The summed E-state index contributed by atoms with van der Waals surface area (Å²) in [6.07, 6.45) is 3.82. The van der Waals surface area contributed by atoms with E-state index in [0.717, 1.165) is 36.1 Å². The number of rotatable bonds is 6. The first-order valence-corrected chi connectivity index (χ1v) is 9.72. The minimum absolute atomic E-state index is 0.0454. The van der Waals surface area contributed by atoms with Crippen LogP contribution in [0.4, 0.5) is 0 Å². The number of ether oxygens (including phenoxy) is 1. The molecule has 2 bridgehead atoms. The smallest absolute Gasteiger partial charge is 0.238 e. The first kappa shape index (κ1) is 18.5. The molecule has 28 heavy (non-hydrogen) atoms. The molecule has 144 valence electrons. The molecule has 2 heterocycles. The van der Waals surface area contributed by atoms with E-state index in [9.17, 15) is 10.1 Å². The van der Waals surface area contributed by atoms with Crippen LogP contribution < -0.4 is 15.4 Å². The highest BCUT2D eigenvalue weighted by atomic mass is 16.5. The number of nitriles is 1. The van der Waals surface area contributed by atoms with E-state index in [2.05, 4.69) is 21.7 Å². The zero-order valence-corrected chi connectivity index (χ0v) is 15.9. The number of aromatic nitrogens is 1. The van der Waals surface area contributed by atoms with Crippen molar-refractivity contribution in [3.63, 3.8) is 0 Å². The van der Waals surface area contributed by atoms with Crippen molar-refractivity contribution in [2.24, 2.45) is 5.92 Å². The maximum Gasteiger partial charge on any atom is 0.238 e. The van der Waals surface area contributed by atoms with E-state index in [1.165, 1.54) is 0 Å². The molecule has 4 rings (SSSR count). The lowest BCUT2D eigenvalue weighted by atomic mass is 9.98. The number of pyridine rings is 1. The van der Waals surface area contributed by atoms with Gasteiger partial charge in [0, 0.05) is 24.1 Å². The second-order valence-electron chi connectivity index (χ2n) is 7.57. The number of nitrogens with zero attached hydrogens (tertiary/aromatic N) is 2. The van der Waals surface area contributed by atoms with Gasteiger partial charge in [0.15, 0.2) is 0 Å². The molecule has 2 N–H and O–H groups in total. The Morgan fingerprint density at radius 3 is 2.79 bits per heavy atom. The molecule has 2 fully saturated rings. The Morgan fingerprint density at radius 1 is 1.32 bits per heavy atom. The molecular formula is C22H24N4O2. The summed E-state index contributed by atoms with van der Waals surface area (Å²) in [5, 5.41) is 15.8. The monoisotopic (exact) mass is 376 g/mol. The first-order valence-electron chi connectivity index (χ1n) is 9.72. The second kappa shape index (κ2) is 7.99. The zero-order chi connectivity index (χ0) is 19.5. The third kappa shape index (κ3) is 3.85. The molecule has 1 aromatic carbocycles. The molecule has 6 heteroatoms. The van der Waals surface area contributed by atoms with Crippen LogP contribution in [0, 0.1) is 17.2 Å². The fraction of sp³-hybridized carbons (Fsp3) is 0.409. The highest BCUT2D eigenvalue weighted by Crippen LogP contribution is 2.35. The number of fused-ring (bicyclic) bond motifs is 2. The number of nitrogens with one attached hydrogen (secondary N) is 2. The third-order valence-corrected chi connectivity index (χ3v) is 5.74. The molecule has 1 aliphatic carbocycles. The van der Waals surface area contributed by atoms with Gasteiger partial charge in [-0.15, -0.1) is 0 Å². The lowest BCUT2D eigenvalue weighted by Gasteiger charge is -2.23. The fourth-order valence-corrected chi connectivity index (χ4v) is 4.28. The van der Waals surface area contributed by atoms with Crippen LogP contribution in [0.15, 0.2) is 42.5 Å². The number of hydrogen-bond donors (Lipinski definition) is 2. The molecule has 0 radical (unpaired) electrons. The molecule has 1 saturated carbocycles. The van der Waals surface area contributed by atoms with Crippen molar-refractivity contribution in [1.29, 1.82) is 5.26 Å². The van der Waals surface area contributed by atoms with E-state index in [1.54, 1.807) is 7.11 Å². The molecule has 1 aliphatic heterocycles. The van der Waals surface area contributed by atoms with Crippen molar-refractivity contribution in [2.75, 3.05) is 7.11 Å². The quantitative estimate of drug-likeness (QED) is 0.809. The van der Waals surface area contributed by atoms with Crippen molar-refractivity contribution in [2.45, 2.75) is 43.8 Å². The van der Waals surface area contributed by atoms with Crippen LogP contribution in [-0.4, -0.2) is 36.1 Å². The van der Waals surface area contributed by atoms with Gasteiger partial charge in [0.1, 0.15) is 6.04 Å². The number of benzene rings is 1. The number of piperidine rings is 1. The maximum absolute atomic E-state index is 12.5. The third-order valence-electron chi connectivity index (χ3n) is 5.74. The van der Waals surface area contributed by atoms with Crippen LogP contribution in [0.2, 0.25) is 0 Å². The molecule has 4 atom stereocenters. The Balaban J connectivity index is 1.38. The van der Waals surface area contributed by atoms with Gasteiger partial charge < -0.3 is 15.4 Å². The van der Waals surface area contributed by atoms with Crippen molar-refractivity contribution >= 4 is 5.91 Å². The Labute approximate surface area is 164 Å². The van der Waals surface area contributed by atoms with E-state index in [-0.39, 0.29) is 11.9 Å². The number of carbonyl (C=O) groups excluding carboxylic acids is 1. The van der Waals surface area contributed by atoms with E-state index in [0.29, 0.717) is 24.3 Å². The molecule has 2 aliphatic rings. The molecule has 6 nitrogen and oxygen atoms in total. The maximum atomic E-state index is 12.5. The minimum Gasteiger partial charge on any atom is -0.481 e. The summed E-state index contributed by atoms with van der Waals surface area (Å²) < 4.78 is 5.17. The van der Waals surface area contributed by atoms with Gasteiger partial charge in [-0.05, 0) is 36.8 Å². The molecule has 0 spiro atoms. The van der Waals surface area contributed by atoms with Gasteiger partial charge in [0.2, 0.25) is 11.8 Å². The molecule has 1 saturated heterocycles. The number of hydrogen-bond acceptors (Lipinski definition) is 5. The van der Waals surface area contributed by atoms with Crippen LogP contribution in [-0.2, 0) is 11.2 Å². The highest BCUT2D eigenvalue weighted by Gasteiger charge is 2.43. The van der Waals surface area contributed by atoms with Crippen LogP contribution in [0.5, 0.6) is 5.88 Å². The van der Waals surface area contributed by atoms with Crippen molar-refractivity contribution in [1.82, 2.24) is 15.6 Å². The Bertz CT molecular complexity index is 890. The Kier molecular flexibility index (Phi) is 5.27.